The van der Waals surface area contributed by atoms with Gasteiger partial charge in [-0.2, -0.15) is 13.2 Å². The van der Waals surface area contributed by atoms with E-state index in [2.05, 4.69) is 10.3 Å². The average molecular weight is 372 g/mol. The largest absolute Gasteiger partial charge is 0.417 e. The number of alkyl halides is 3. The molecule has 3 rings (SSSR count). The number of nitrogens with zero attached hydrogens (tertiary/aromatic N) is 1. The normalized spacial score (nSPS) is 11.9. The summed E-state index contributed by atoms with van der Waals surface area (Å²) in [5.41, 5.74) is -2.32. The van der Waals surface area contributed by atoms with Crippen LogP contribution in [0.3, 0.4) is 0 Å². The summed E-state index contributed by atoms with van der Waals surface area (Å²) in [5.74, 6) is -0.926. The maximum absolute atomic E-state index is 12.9. The number of nitrogens with one attached hydrogen (secondary N) is 1. The zero-order valence-corrected chi connectivity index (χ0v) is 13.9. The molecule has 2 aromatic carbocycles. The van der Waals surface area contributed by atoms with Crippen LogP contribution >= 0.6 is 0 Å². The van der Waals surface area contributed by atoms with Crippen molar-refractivity contribution < 1.29 is 23.1 Å². The monoisotopic (exact) mass is 372 g/mol. The number of carbonyl (C=O) groups is 1. The number of aromatic nitrogens is 1. The van der Waals surface area contributed by atoms with Gasteiger partial charge in [-0.1, -0.05) is 60.7 Å². The SMILES string of the molecule is O=C(Nc1ccc(C(F)(F)F)cn1)C(O)(c1ccccc1)c1ccccc1. The molecule has 1 heterocycles. The predicted octanol–water partition coefficient (Wildman–Crippen LogP) is 3.98. The van der Waals surface area contributed by atoms with Crippen molar-refractivity contribution in [3.63, 3.8) is 0 Å². The molecule has 7 heteroatoms. The summed E-state index contributed by atoms with van der Waals surface area (Å²) in [4.78, 5) is 16.5. The fourth-order valence-electron chi connectivity index (χ4n) is 2.63. The number of carbonyl (C=O) groups excluding carboxylic acids is 1. The van der Waals surface area contributed by atoms with Gasteiger partial charge in [-0.15, -0.1) is 0 Å². The van der Waals surface area contributed by atoms with Crippen molar-refractivity contribution in [1.29, 1.82) is 0 Å². The Bertz CT molecular complexity index is 872. The first kappa shape index (κ1) is 18.6. The number of hydrogen-bond donors (Lipinski definition) is 2. The maximum atomic E-state index is 12.9. The smallest absolute Gasteiger partial charge is 0.372 e. The third-order valence-electron chi connectivity index (χ3n) is 4.04. The molecule has 4 nitrogen and oxygen atoms in total. The lowest BCUT2D eigenvalue weighted by Gasteiger charge is -2.28. The van der Waals surface area contributed by atoms with E-state index in [0.29, 0.717) is 17.3 Å². The molecular formula is C20H15F3N2O2. The van der Waals surface area contributed by atoms with Gasteiger partial charge in [0.05, 0.1) is 5.56 Å². The van der Waals surface area contributed by atoms with Crippen molar-refractivity contribution in [3.05, 3.63) is 95.7 Å². The summed E-state index contributed by atoms with van der Waals surface area (Å²) in [7, 11) is 0. The number of benzene rings is 2. The van der Waals surface area contributed by atoms with Gasteiger partial charge in [-0.3, -0.25) is 4.79 Å². The zero-order chi connectivity index (χ0) is 19.5. The van der Waals surface area contributed by atoms with Crippen LogP contribution in [0.15, 0.2) is 79.0 Å². The highest BCUT2D eigenvalue weighted by Gasteiger charge is 2.40. The van der Waals surface area contributed by atoms with E-state index in [1.165, 1.54) is 0 Å². The van der Waals surface area contributed by atoms with E-state index >= 15 is 0 Å². The van der Waals surface area contributed by atoms with Crippen LogP contribution in [0.4, 0.5) is 19.0 Å². The first-order valence-corrected chi connectivity index (χ1v) is 8.00. The molecule has 1 aromatic heterocycles. The van der Waals surface area contributed by atoms with E-state index < -0.39 is 23.2 Å². The van der Waals surface area contributed by atoms with Crippen molar-refractivity contribution in [3.8, 4) is 0 Å². The van der Waals surface area contributed by atoms with E-state index in [-0.39, 0.29) is 5.82 Å². The average Bonchev–Trinajstić information content (AvgIpc) is 2.68. The standard InChI is InChI=1S/C20H15F3N2O2/c21-20(22,23)16-11-12-17(24-13-16)25-18(26)19(27,14-7-3-1-4-8-14)15-9-5-2-6-10-15/h1-13,27H,(H,24,25,26). The van der Waals surface area contributed by atoms with Gasteiger partial charge in [-0.25, -0.2) is 4.98 Å². The summed E-state index contributed by atoms with van der Waals surface area (Å²) in [5, 5.41) is 13.6. The molecule has 0 saturated heterocycles. The first-order valence-electron chi connectivity index (χ1n) is 8.00. The minimum atomic E-state index is -4.52. The molecule has 0 aliphatic heterocycles. The summed E-state index contributed by atoms with van der Waals surface area (Å²) in [6.07, 6.45) is -3.90. The topological polar surface area (TPSA) is 62.2 Å². The van der Waals surface area contributed by atoms with Crippen molar-refractivity contribution >= 4 is 11.7 Å². The van der Waals surface area contributed by atoms with Crippen molar-refractivity contribution in [2.45, 2.75) is 11.8 Å². The number of anilines is 1. The summed E-state index contributed by atoms with van der Waals surface area (Å²) in [6, 6.07) is 18.4. The van der Waals surface area contributed by atoms with E-state index in [1.54, 1.807) is 60.7 Å². The molecule has 27 heavy (non-hydrogen) atoms. The van der Waals surface area contributed by atoms with Crippen LogP contribution in [0, 0.1) is 0 Å². The first-order chi connectivity index (χ1) is 12.8. The molecule has 0 radical (unpaired) electrons. The minimum absolute atomic E-state index is 0.0988. The van der Waals surface area contributed by atoms with Crippen LogP contribution in [0.25, 0.3) is 0 Å². The Kier molecular flexibility index (Phi) is 4.96. The van der Waals surface area contributed by atoms with E-state index in [1.807, 2.05) is 0 Å². The van der Waals surface area contributed by atoms with Gasteiger partial charge in [0.25, 0.3) is 5.91 Å². The Morgan fingerprint density at radius 1 is 0.815 bits per heavy atom. The third kappa shape index (κ3) is 3.83. The highest BCUT2D eigenvalue weighted by atomic mass is 19.4. The Morgan fingerprint density at radius 3 is 1.74 bits per heavy atom. The van der Waals surface area contributed by atoms with Gasteiger partial charge in [0.2, 0.25) is 0 Å². The highest BCUT2D eigenvalue weighted by molar-refractivity contribution is 5.99. The van der Waals surface area contributed by atoms with Crippen molar-refractivity contribution in [2.24, 2.45) is 0 Å². The number of rotatable bonds is 4. The van der Waals surface area contributed by atoms with Crippen LogP contribution in [-0.4, -0.2) is 16.0 Å². The number of pyridine rings is 1. The maximum Gasteiger partial charge on any atom is 0.417 e. The molecule has 0 atom stereocenters. The van der Waals surface area contributed by atoms with Crippen LogP contribution in [0.5, 0.6) is 0 Å². The van der Waals surface area contributed by atoms with Crippen LogP contribution in [-0.2, 0) is 16.6 Å². The fourth-order valence-corrected chi connectivity index (χ4v) is 2.63. The second kappa shape index (κ2) is 7.20. The lowest BCUT2D eigenvalue weighted by molar-refractivity contribution is -0.137. The second-order valence-electron chi connectivity index (χ2n) is 5.83. The molecule has 0 spiro atoms. The Labute approximate surface area is 153 Å². The number of halogens is 3. The lowest BCUT2D eigenvalue weighted by Crippen LogP contribution is -2.41. The highest BCUT2D eigenvalue weighted by Crippen LogP contribution is 2.32. The summed E-state index contributed by atoms with van der Waals surface area (Å²) in [6.45, 7) is 0. The molecule has 0 saturated carbocycles. The number of hydrogen-bond acceptors (Lipinski definition) is 3. The molecule has 0 aliphatic carbocycles. The second-order valence-corrected chi connectivity index (χ2v) is 5.83. The van der Waals surface area contributed by atoms with Gasteiger partial charge < -0.3 is 10.4 Å². The molecule has 0 fully saturated rings. The van der Waals surface area contributed by atoms with E-state index in [4.69, 9.17) is 0 Å². The molecular weight excluding hydrogens is 357 g/mol. The Balaban J connectivity index is 1.95. The lowest BCUT2D eigenvalue weighted by atomic mass is 9.85. The predicted molar refractivity (Wildman–Crippen MR) is 93.8 cm³/mol. The third-order valence-corrected chi connectivity index (χ3v) is 4.04. The van der Waals surface area contributed by atoms with Crippen molar-refractivity contribution in [1.82, 2.24) is 4.98 Å². The van der Waals surface area contributed by atoms with Crippen LogP contribution in [0.2, 0.25) is 0 Å². The van der Waals surface area contributed by atoms with Crippen LogP contribution in [0.1, 0.15) is 16.7 Å². The van der Waals surface area contributed by atoms with Gasteiger partial charge in [0.1, 0.15) is 5.82 Å². The van der Waals surface area contributed by atoms with Gasteiger partial charge in [0, 0.05) is 6.20 Å². The molecule has 0 unspecified atom stereocenters. The molecule has 0 aliphatic rings. The zero-order valence-electron chi connectivity index (χ0n) is 13.9. The van der Waals surface area contributed by atoms with E-state index in [0.717, 1.165) is 12.1 Å². The number of amides is 1. The summed E-state index contributed by atoms with van der Waals surface area (Å²) < 4.78 is 37.9. The minimum Gasteiger partial charge on any atom is -0.372 e. The summed E-state index contributed by atoms with van der Waals surface area (Å²) >= 11 is 0. The van der Waals surface area contributed by atoms with E-state index in [9.17, 15) is 23.1 Å². The molecule has 1 amide bonds. The van der Waals surface area contributed by atoms with Crippen molar-refractivity contribution in [2.75, 3.05) is 5.32 Å². The van der Waals surface area contributed by atoms with Crippen LogP contribution < -0.4 is 5.32 Å². The molecule has 3 aromatic rings. The fraction of sp³-hybridized carbons (Fsp3) is 0.100. The molecule has 2 N–H and O–H groups in total. The quantitative estimate of drug-likeness (QED) is 0.728. The van der Waals surface area contributed by atoms with Gasteiger partial charge >= 0.3 is 6.18 Å². The van der Waals surface area contributed by atoms with Gasteiger partial charge in [0.15, 0.2) is 5.60 Å². The Hall–Kier alpha value is -3.19. The molecule has 138 valence electrons. The van der Waals surface area contributed by atoms with Gasteiger partial charge in [-0.05, 0) is 23.3 Å². The number of aliphatic hydroxyl groups is 1. The Morgan fingerprint density at radius 2 is 1.33 bits per heavy atom. The molecule has 0 bridgehead atoms.